The highest BCUT2D eigenvalue weighted by Gasteiger charge is 2.18. The normalized spacial score (nSPS) is 11.8. The van der Waals surface area contributed by atoms with Gasteiger partial charge in [0.15, 0.2) is 43.7 Å². The zero-order chi connectivity index (χ0) is 74.0. The zero-order valence-electron chi connectivity index (χ0n) is 59.3. The number of furan rings is 2. The molecule has 12 aromatic carbocycles. The van der Waals surface area contributed by atoms with Crippen molar-refractivity contribution in [2.24, 2.45) is 14.1 Å². The van der Waals surface area contributed by atoms with Gasteiger partial charge in [-0.2, -0.15) is 4.98 Å². The number of benzene rings is 12. The summed E-state index contributed by atoms with van der Waals surface area (Å²) in [5.41, 5.74) is 21.3. The number of oxazole rings is 5. The molecule has 17 nitrogen and oxygen atoms in total. The number of hydrogen-bond donors (Lipinski definition) is 3. The molecule has 0 aliphatic carbocycles. The molecule has 0 aliphatic rings. The summed E-state index contributed by atoms with van der Waals surface area (Å²) in [5.74, 6) is 1.52. The SMILES string of the molecule is CCc1nc2cc3c(cc2o1)sc1ccccc13.CSc1nc2cc3c(cc2o1)[nH]c1ccccc13.Cc1nc2cc3c4cc(N(C)C)ccc4n(C)c3cc2o1.Cn1c2ccccc2c2cc3nc(Cl)oc3cc21.S=c1[nH]c2cc3c(cc2o1)oc1ccccc13.S=c1[nH]c2cc3c(cc2s1)oc1ccccc13. The Bertz CT molecular complexity index is 7560. The molecule has 0 atom stereocenters. The van der Waals surface area contributed by atoms with Crippen LogP contribution >= 0.6 is 70.5 Å². The van der Waals surface area contributed by atoms with Crippen molar-refractivity contribution in [2.75, 3.05) is 25.3 Å². The number of para-hydroxylation sites is 4. The Morgan fingerprint density at radius 1 is 0.404 bits per heavy atom. The van der Waals surface area contributed by atoms with Gasteiger partial charge in [0.25, 0.3) is 15.4 Å². The first-order valence-electron chi connectivity index (χ1n) is 34.9. The van der Waals surface area contributed by atoms with Crippen LogP contribution in [0.5, 0.6) is 0 Å². The molecule has 0 unspecified atom stereocenters. The van der Waals surface area contributed by atoms with Gasteiger partial charge in [-0.05, 0) is 127 Å². The maximum atomic E-state index is 5.83. The first-order valence-corrected chi connectivity index (χ1v) is 39.0. The highest BCUT2D eigenvalue weighted by atomic mass is 35.5. The minimum absolute atomic E-state index is 0.185. The molecule has 3 N–H and O–H groups in total. The standard InChI is InChI=1S/C17H17N3O.C15H11NOS.C14H9ClN2O.C14H10N2OS.C13H7NO2S.C13H7NOS2/c1-10-18-14-8-13-12-7-11(19(2)3)5-6-15(12)20(4)16(13)9-17(14)21-10;1-2-15-16-11-7-10-9-5-3-4-6-13(9)18-14(10)8-12(11)17-15;1-17-11-5-3-2-4-8(11)9-6-10-13(7-12(9)17)18-14(15)16-10;1-18-14-16-12-6-9-8-4-2-3-5-10(8)15-11(9)7-13(12)17-14;17-13-14-9-5-8-7-3-1-2-4-10(7)15-11(8)6-12(9)16-13;16-13-14-9-5-8-7-3-1-2-4-10(7)15-11(8)6-12(9)17-13/h5-9H,1-4H3;3-8H,2H2,1H3;2-7H,1H3;2-7,15H,1H3;1-6H,(H,14,17);1-6H,(H,14,16). The third-order valence-electron chi connectivity index (χ3n) is 19.8. The smallest absolute Gasteiger partial charge is 0.293 e. The summed E-state index contributed by atoms with van der Waals surface area (Å²) in [4.78, 5) is 29.7. The van der Waals surface area contributed by atoms with Crippen molar-refractivity contribution in [3.63, 3.8) is 0 Å². The predicted molar refractivity (Wildman–Crippen MR) is 454 cm³/mol. The first kappa shape index (κ1) is 67.6. The molecule has 24 rings (SSSR count). The van der Waals surface area contributed by atoms with Crippen LogP contribution in [0, 0.1) is 15.7 Å². The van der Waals surface area contributed by atoms with Crippen LogP contribution in [0.3, 0.4) is 0 Å². The number of aromatic nitrogens is 9. The van der Waals surface area contributed by atoms with Crippen LogP contribution < -0.4 is 4.90 Å². The van der Waals surface area contributed by atoms with E-state index in [0.717, 1.165) is 142 Å². The van der Waals surface area contributed by atoms with Gasteiger partial charge < -0.3 is 59.9 Å². The van der Waals surface area contributed by atoms with E-state index >= 15 is 0 Å². The molecule has 0 radical (unpaired) electrons. The van der Waals surface area contributed by atoms with E-state index in [1.807, 2.05) is 104 Å². The maximum absolute atomic E-state index is 5.83. The number of hydrogen-bond acceptors (Lipinski definition) is 17. The highest BCUT2D eigenvalue weighted by Crippen LogP contribution is 2.40. The van der Waals surface area contributed by atoms with E-state index in [2.05, 4.69) is 205 Å². The fraction of sp³-hybridized carbons (Fsp3) is 0.0930. The predicted octanol–water partition coefficient (Wildman–Crippen LogP) is 26.2. The number of halogens is 1. The summed E-state index contributed by atoms with van der Waals surface area (Å²) in [6.45, 7) is 3.94. The molecule has 0 bridgehead atoms. The zero-order valence-corrected chi connectivity index (χ0v) is 64.2. The average Bonchev–Trinajstić information content (AvgIpc) is 1.37. The van der Waals surface area contributed by atoms with Crippen molar-refractivity contribution in [2.45, 2.75) is 25.5 Å². The largest absolute Gasteiger partial charge is 0.456 e. The molecular weight excluding hydrogens is 1480 g/mol. The van der Waals surface area contributed by atoms with Crippen molar-refractivity contribution >= 4 is 271 Å². The second-order valence-corrected chi connectivity index (χ2v) is 30.9. The van der Waals surface area contributed by atoms with Crippen LogP contribution in [0.1, 0.15) is 18.7 Å². The second-order valence-electron chi connectivity index (χ2n) is 26.6. The Balaban J connectivity index is 0.0000000889. The van der Waals surface area contributed by atoms with Gasteiger partial charge in [0.1, 0.15) is 44.4 Å². The fourth-order valence-electron chi connectivity index (χ4n) is 14.6. The molecular formula is C86H61ClN10O7S5. The molecule has 0 amide bonds. The number of nitrogens with zero attached hydrogens (tertiary/aromatic N) is 7. The number of nitrogens with one attached hydrogen (secondary N) is 3. The number of anilines is 1. The van der Waals surface area contributed by atoms with Crippen molar-refractivity contribution < 1.29 is 30.9 Å². The molecule has 0 saturated carbocycles. The van der Waals surface area contributed by atoms with Crippen molar-refractivity contribution in [3.8, 4) is 0 Å². The molecule has 24 aromatic rings. The summed E-state index contributed by atoms with van der Waals surface area (Å²) in [5, 5.41) is 15.2. The highest BCUT2D eigenvalue weighted by molar-refractivity contribution is 7.98. The van der Waals surface area contributed by atoms with Crippen molar-refractivity contribution in [1.82, 2.24) is 44.0 Å². The van der Waals surface area contributed by atoms with E-state index in [1.54, 1.807) is 22.7 Å². The van der Waals surface area contributed by atoms with E-state index in [0.29, 0.717) is 16.0 Å². The number of H-pyrrole nitrogens is 3. The van der Waals surface area contributed by atoms with Crippen LogP contribution in [-0.2, 0) is 20.5 Å². The lowest BCUT2D eigenvalue weighted by atomic mass is 10.1. The third kappa shape index (κ3) is 12.2. The monoisotopic (exact) mass is 1540 g/mol. The number of thiophene rings is 1. The molecule has 534 valence electrons. The number of aromatic amines is 3. The fourth-order valence-corrected chi connectivity index (χ4v) is 17.6. The van der Waals surface area contributed by atoms with Crippen LogP contribution in [0.4, 0.5) is 5.69 Å². The maximum Gasteiger partial charge on any atom is 0.293 e. The van der Waals surface area contributed by atoms with Gasteiger partial charge in [-0.1, -0.05) is 110 Å². The molecule has 0 aliphatic heterocycles. The Labute approximate surface area is 644 Å². The molecule has 12 aromatic heterocycles. The van der Waals surface area contributed by atoms with Crippen LogP contribution in [-0.4, -0.2) is 64.4 Å². The van der Waals surface area contributed by atoms with Gasteiger partial charge in [-0.25, -0.2) is 15.0 Å². The summed E-state index contributed by atoms with van der Waals surface area (Å²) >= 11 is 20.8. The molecule has 0 fully saturated rings. The lowest BCUT2D eigenvalue weighted by molar-refractivity contribution is 0.490. The van der Waals surface area contributed by atoms with Crippen LogP contribution in [0.2, 0.25) is 5.35 Å². The van der Waals surface area contributed by atoms with Crippen molar-refractivity contribution in [3.05, 3.63) is 238 Å². The Kier molecular flexibility index (Phi) is 16.8. The van der Waals surface area contributed by atoms with Gasteiger partial charge in [-0.15, -0.1) is 22.7 Å². The van der Waals surface area contributed by atoms with Gasteiger partial charge in [-0.3, -0.25) is 0 Å². The number of thioether (sulfide) groups is 1. The topological polar surface area (TPSA) is 204 Å². The average molecular weight is 1540 g/mol. The number of aryl methyl sites for hydroxylation is 4. The van der Waals surface area contributed by atoms with E-state index in [-0.39, 0.29) is 5.35 Å². The van der Waals surface area contributed by atoms with Crippen molar-refractivity contribution in [1.29, 1.82) is 0 Å². The third-order valence-corrected chi connectivity index (χ3v) is 23.0. The van der Waals surface area contributed by atoms with E-state index in [4.69, 9.17) is 67.0 Å². The Morgan fingerprint density at radius 2 is 0.982 bits per heavy atom. The molecule has 0 spiro atoms. The lowest BCUT2D eigenvalue weighted by Crippen LogP contribution is -2.08. The van der Waals surface area contributed by atoms with Crippen LogP contribution in [0.15, 0.2) is 248 Å². The summed E-state index contributed by atoms with van der Waals surface area (Å²) < 4.78 is 48.2. The second kappa shape index (κ2) is 27.0. The minimum Gasteiger partial charge on any atom is -0.456 e. The number of rotatable bonds is 3. The Hall–Kier alpha value is -12.0. The first-order chi connectivity index (χ1) is 53.1. The van der Waals surface area contributed by atoms with Crippen LogP contribution in [0.25, 0.3) is 195 Å². The number of thiazole rings is 1. The molecule has 23 heteroatoms. The van der Waals surface area contributed by atoms with Gasteiger partial charge >= 0.3 is 0 Å². The number of fused-ring (bicyclic) bond motifs is 24. The van der Waals surface area contributed by atoms with Gasteiger partial charge in [0.2, 0.25) is 0 Å². The molecule has 109 heavy (non-hydrogen) atoms. The summed E-state index contributed by atoms with van der Waals surface area (Å²) in [7, 11) is 8.26. The minimum atomic E-state index is 0.185. The van der Waals surface area contributed by atoms with Gasteiger partial charge in [0.05, 0.1) is 32.3 Å². The van der Waals surface area contributed by atoms with E-state index in [1.165, 1.54) is 86.5 Å². The van der Waals surface area contributed by atoms with Gasteiger partial charge in [0, 0.05) is 174 Å². The van der Waals surface area contributed by atoms with E-state index < -0.39 is 0 Å². The Morgan fingerprint density at radius 3 is 1.72 bits per heavy atom. The molecule has 12 heterocycles. The van der Waals surface area contributed by atoms with E-state index in [9.17, 15) is 0 Å². The lowest BCUT2D eigenvalue weighted by Gasteiger charge is -2.12. The quantitative estimate of drug-likeness (QED) is 0.111. The molecule has 0 saturated heterocycles. The summed E-state index contributed by atoms with van der Waals surface area (Å²) in [6.07, 6.45) is 2.80. The summed E-state index contributed by atoms with van der Waals surface area (Å²) in [6, 6.07) is 72.3.